The highest BCUT2D eigenvalue weighted by molar-refractivity contribution is 5.87. The number of carbonyl (C=O) groups is 1. The van der Waals surface area contributed by atoms with Gasteiger partial charge in [0.2, 0.25) is 0 Å². The summed E-state index contributed by atoms with van der Waals surface area (Å²) in [5, 5.41) is 3.10. The van der Waals surface area contributed by atoms with Gasteiger partial charge in [-0.25, -0.2) is 0 Å². The van der Waals surface area contributed by atoms with E-state index in [0.29, 0.717) is 17.6 Å². The predicted molar refractivity (Wildman–Crippen MR) is 50.0 cm³/mol. The van der Waals surface area contributed by atoms with Crippen molar-refractivity contribution in [2.75, 3.05) is 7.05 Å². The lowest BCUT2D eigenvalue weighted by Crippen LogP contribution is -2.43. The molecule has 0 saturated heterocycles. The SMILES string of the molecule is CNC(C(=O)C1CCC1)C(C)C. The van der Waals surface area contributed by atoms with Crippen LogP contribution in [0.25, 0.3) is 0 Å². The molecule has 1 aliphatic rings. The van der Waals surface area contributed by atoms with Crippen LogP contribution in [0.3, 0.4) is 0 Å². The predicted octanol–water partition coefficient (Wildman–Crippen LogP) is 1.60. The zero-order valence-electron chi connectivity index (χ0n) is 8.26. The summed E-state index contributed by atoms with van der Waals surface area (Å²) in [6.07, 6.45) is 3.47. The maximum absolute atomic E-state index is 11.7. The molecule has 0 aliphatic heterocycles. The van der Waals surface area contributed by atoms with Gasteiger partial charge in [-0.3, -0.25) is 4.79 Å². The molecule has 1 N–H and O–H groups in total. The summed E-state index contributed by atoms with van der Waals surface area (Å²) < 4.78 is 0. The molecule has 1 atom stereocenters. The zero-order chi connectivity index (χ0) is 9.14. The topological polar surface area (TPSA) is 29.1 Å². The maximum Gasteiger partial charge on any atom is 0.153 e. The van der Waals surface area contributed by atoms with Crippen molar-refractivity contribution in [3.8, 4) is 0 Å². The van der Waals surface area contributed by atoms with Crippen molar-refractivity contribution in [2.45, 2.75) is 39.2 Å². The van der Waals surface area contributed by atoms with Gasteiger partial charge in [-0.2, -0.15) is 0 Å². The number of hydrogen-bond donors (Lipinski definition) is 1. The molecular formula is C10H19NO. The summed E-state index contributed by atoms with van der Waals surface area (Å²) >= 11 is 0. The van der Waals surface area contributed by atoms with E-state index in [-0.39, 0.29) is 6.04 Å². The van der Waals surface area contributed by atoms with Crippen LogP contribution in [0.5, 0.6) is 0 Å². The highest BCUT2D eigenvalue weighted by Gasteiger charge is 2.31. The first-order valence-corrected chi connectivity index (χ1v) is 4.87. The van der Waals surface area contributed by atoms with Crippen LogP contribution in [-0.2, 0) is 4.79 Å². The molecule has 0 spiro atoms. The molecule has 0 amide bonds. The molecule has 0 aromatic carbocycles. The van der Waals surface area contributed by atoms with E-state index in [1.54, 1.807) is 0 Å². The molecule has 1 saturated carbocycles. The van der Waals surface area contributed by atoms with Gasteiger partial charge in [0.25, 0.3) is 0 Å². The van der Waals surface area contributed by atoms with Gasteiger partial charge in [-0.15, -0.1) is 0 Å². The van der Waals surface area contributed by atoms with Gasteiger partial charge in [0.05, 0.1) is 6.04 Å². The van der Waals surface area contributed by atoms with Gasteiger partial charge in [0.15, 0.2) is 5.78 Å². The highest BCUT2D eigenvalue weighted by atomic mass is 16.1. The fourth-order valence-corrected chi connectivity index (χ4v) is 1.75. The highest BCUT2D eigenvalue weighted by Crippen LogP contribution is 2.29. The average Bonchev–Trinajstić information content (AvgIpc) is 1.83. The number of carbonyl (C=O) groups excluding carboxylic acids is 1. The Morgan fingerprint density at radius 1 is 1.42 bits per heavy atom. The van der Waals surface area contributed by atoms with Crippen LogP contribution in [0.15, 0.2) is 0 Å². The number of nitrogens with one attached hydrogen (secondary N) is 1. The van der Waals surface area contributed by atoms with E-state index in [9.17, 15) is 4.79 Å². The summed E-state index contributed by atoms with van der Waals surface area (Å²) in [5.74, 6) is 1.21. The van der Waals surface area contributed by atoms with Crippen molar-refractivity contribution in [2.24, 2.45) is 11.8 Å². The Hall–Kier alpha value is -0.370. The number of hydrogen-bond acceptors (Lipinski definition) is 2. The average molecular weight is 169 g/mol. The summed E-state index contributed by atoms with van der Waals surface area (Å²) in [4.78, 5) is 11.7. The van der Waals surface area contributed by atoms with Crippen LogP contribution < -0.4 is 5.32 Å². The van der Waals surface area contributed by atoms with Gasteiger partial charge in [-0.1, -0.05) is 20.3 Å². The molecule has 0 aromatic heterocycles. The molecule has 12 heavy (non-hydrogen) atoms. The van der Waals surface area contributed by atoms with Crippen molar-refractivity contribution in [1.29, 1.82) is 0 Å². The molecule has 0 aromatic rings. The Morgan fingerprint density at radius 3 is 2.25 bits per heavy atom. The van der Waals surface area contributed by atoms with Crippen molar-refractivity contribution in [3.63, 3.8) is 0 Å². The van der Waals surface area contributed by atoms with Gasteiger partial charge in [-0.05, 0) is 25.8 Å². The minimum Gasteiger partial charge on any atom is -0.310 e. The van der Waals surface area contributed by atoms with Crippen molar-refractivity contribution >= 4 is 5.78 Å². The normalized spacial score (nSPS) is 20.7. The van der Waals surface area contributed by atoms with Gasteiger partial charge in [0, 0.05) is 5.92 Å². The Kier molecular flexibility index (Phi) is 3.27. The van der Waals surface area contributed by atoms with Crippen LogP contribution in [0.1, 0.15) is 33.1 Å². The van der Waals surface area contributed by atoms with E-state index in [4.69, 9.17) is 0 Å². The monoisotopic (exact) mass is 169 g/mol. The Labute approximate surface area is 74.7 Å². The molecular weight excluding hydrogens is 150 g/mol. The quantitative estimate of drug-likeness (QED) is 0.692. The molecule has 1 aliphatic carbocycles. The zero-order valence-corrected chi connectivity index (χ0v) is 8.26. The largest absolute Gasteiger partial charge is 0.310 e. The van der Waals surface area contributed by atoms with Crippen molar-refractivity contribution in [3.05, 3.63) is 0 Å². The van der Waals surface area contributed by atoms with E-state index < -0.39 is 0 Å². The van der Waals surface area contributed by atoms with E-state index in [2.05, 4.69) is 19.2 Å². The minimum atomic E-state index is 0.0790. The lowest BCUT2D eigenvalue weighted by molar-refractivity contribution is -0.128. The molecule has 70 valence electrons. The molecule has 2 heteroatoms. The molecule has 0 bridgehead atoms. The third-order valence-corrected chi connectivity index (χ3v) is 2.79. The van der Waals surface area contributed by atoms with Gasteiger partial charge >= 0.3 is 0 Å². The van der Waals surface area contributed by atoms with Crippen LogP contribution in [0.2, 0.25) is 0 Å². The molecule has 1 rings (SSSR count). The van der Waals surface area contributed by atoms with Crippen molar-refractivity contribution < 1.29 is 4.79 Å². The number of Topliss-reactive ketones (excluding diaryl/α,β-unsaturated/α-hetero) is 1. The molecule has 0 radical (unpaired) electrons. The number of rotatable bonds is 4. The first kappa shape index (κ1) is 9.72. The number of ketones is 1. The van der Waals surface area contributed by atoms with Gasteiger partial charge in [0.1, 0.15) is 0 Å². The third-order valence-electron chi connectivity index (χ3n) is 2.79. The van der Waals surface area contributed by atoms with Crippen LogP contribution in [0.4, 0.5) is 0 Å². The standard InChI is InChI=1S/C10H19NO/c1-7(2)9(11-3)10(12)8-5-4-6-8/h7-9,11H,4-6H2,1-3H3. The second-order valence-electron chi connectivity index (χ2n) is 4.04. The minimum absolute atomic E-state index is 0.0790. The first-order valence-electron chi connectivity index (χ1n) is 4.87. The summed E-state index contributed by atoms with van der Waals surface area (Å²) in [5.41, 5.74) is 0. The van der Waals surface area contributed by atoms with Crippen LogP contribution in [-0.4, -0.2) is 18.9 Å². The fraction of sp³-hybridized carbons (Fsp3) is 0.900. The second kappa shape index (κ2) is 4.04. The van der Waals surface area contributed by atoms with E-state index in [0.717, 1.165) is 12.8 Å². The maximum atomic E-state index is 11.7. The number of likely N-dealkylation sites (N-methyl/N-ethyl adjacent to an activating group) is 1. The lowest BCUT2D eigenvalue weighted by atomic mass is 9.78. The Balaban J connectivity index is 2.46. The second-order valence-corrected chi connectivity index (χ2v) is 4.04. The van der Waals surface area contributed by atoms with Crippen molar-refractivity contribution in [1.82, 2.24) is 5.32 Å². The Bertz CT molecular complexity index is 161. The summed E-state index contributed by atoms with van der Waals surface area (Å²) in [6.45, 7) is 4.19. The molecule has 2 nitrogen and oxygen atoms in total. The molecule has 0 heterocycles. The van der Waals surface area contributed by atoms with E-state index in [1.807, 2.05) is 7.05 Å². The van der Waals surface area contributed by atoms with E-state index >= 15 is 0 Å². The summed E-state index contributed by atoms with van der Waals surface area (Å²) in [6, 6.07) is 0.0790. The fourth-order valence-electron chi connectivity index (χ4n) is 1.75. The van der Waals surface area contributed by atoms with Crippen LogP contribution in [0, 0.1) is 11.8 Å². The Morgan fingerprint density at radius 2 is 2.00 bits per heavy atom. The van der Waals surface area contributed by atoms with Crippen LogP contribution >= 0.6 is 0 Å². The summed E-state index contributed by atoms with van der Waals surface area (Å²) in [7, 11) is 1.88. The smallest absolute Gasteiger partial charge is 0.153 e. The molecule has 1 fully saturated rings. The molecule has 1 unspecified atom stereocenters. The first-order chi connectivity index (χ1) is 5.66. The van der Waals surface area contributed by atoms with Gasteiger partial charge < -0.3 is 5.32 Å². The third kappa shape index (κ3) is 1.86. The van der Waals surface area contributed by atoms with E-state index in [1.165, 1.54) is 6.42 Å². The lowest BCUT2D eigenvalue weighted by Gasteiger charge is -2.29.